The lowest BCUT2D eigenvalue weighted by Gasteiger charge is -2.16. The van der Waals surface area contributed by atoms with Crippen molar-refractivity contribution in [2.24, 2.45) is 0 Å². The molecule has 0 unspecified atom stereocenters. The molecule has 3 aromatic rings. The van der Waals surface area contributed by atoms with Gasteiger partial charge < -0.3 is 5.32 Å². The highest BCUT2D eigenvalue weighted by molar-refractivity contribution is 6.30. The van der Waals surface area contributed by atoms with Gasteiger partial charge in [0, 0.05) is 22.8 Å². The number of halogens is 1. The second kappa shape index (κ2) is 7.54. The van der Waals surface area contributed by atoms with E-state index in [1.807, 2.05) is 37.3 Å². The van der Waals surface area contributed by atoms with Crippen molar-refractivity contribution in [2.45, 2.75) is 20.4 Å². The van der Waals surface area contributed by atoms with Gasteiger partial charge >= 0.3 is 0 Å². The van der Waals surface area contributed by atoms with Gasteiger partial charge in [-0.1, -0.05) is 41.9 Å². The molecule has 1 heterocycles. The highest BCUT2D eigenvalue weighted by Gasteiger charge is 2.21. The zero-order chi connectivity index (χ0) is 18.7. The molecule has 0 spiro atoms. The van der Waals surface area contributed by atoms with E-state index >= 15 is 0 Å². The molecule has 0 bridgehead atoms. The first-order chi connectivity index (χ1) is 12.5. The van der Waals surface area contributed by atoms with Gasteiger partial charge in [-0.3, -0.25) is 9.59 Å². The van der Waals surface area contributed by atoms with Crippen LogP contribution in [0.25, 0.3) is 11.3 Å². The summed E-state index contributed by atoms with van der Waals surface area (Å²) in [6.07, 6.45) is 0. The molecule has 0 atom stereocenters. The molecule has 6 heteroatoms. The summed E-state index contributed by atoms with van der Waals surface area (Å²) >= 11 is 5.92. The summed E-state index contributed by atoms with van der Waals surface area (Å²) in [5.41, 5.74) is 2.08. The Morgan fingerprint density at radius 2 is 1.77 bits per heavy atom. The number of anilines is 2. The van der Waals surface area contributed by atoms with Crippen LogP contribution in [0.5, 0.6) is 0 Å². The third-order valence-electron chi connectivity index (χ3n) is 3.97. The fourth-order valence-corrected chi connectivity index (χ4v) is 2.85. The molecule has 26 heavy (non-hydrogen) atoms. The van der Waals surface area contributed by atoms with Crippen LogP contribution >= 0.6 is 11.6 Å². The Labute approximate surface area is 156 Å². The Bertz CT molecular complexity index is 996. The first-order valence-electron chi connectivity index (χ1n) is 8.25. The van der Waals surface area contributed by atoms with Gasteiger partial charge in [0.15, 0.2) is 5.78 Å². The van der Waals surface area contributed by atoms with Gasteiger partial charge in [0.25, 0.3) is 5.56 Å². The average Bonchev–Trinajstić information content (AvgIpc) is 2.65. The Kier molecular flexibility index (Phi) is 5.19. The van der Waals surface area contributed by atoms with Crippen molar-refractivity contribution in [3.63, 3.8) is 0 Å². The summed E-state index contributed by atoms with van der Waals surface area (Å²) in [5, 5.41) is 8.09. The molecule has 0 aliphatic rings. The van der Waals surface area contributed by atoms with Crippen molar-refractivity contribution < 1.29 is 4.79 Å². The van der Waals surface area contributed by atoms with E-state index in [9.17, 15) is 9.59 Å². The SMILES string of the molecule is CCn1nc(-c2ccccc2)c(C(C)=O)c(Nc2ccc(Cl)cc2)c1=O. The van der Waals surface area contributed by atoms with Crippen LogP contribution in [-0.2, 0) is 6.54 Å². The van der Waals surface area contributed by atoms with Crippen LogP contribution in [0.4, 0.5) is 11.4 Å². The molecule has 3 rings (SSSR count). The number of ketones is 1. The third kappa shape index (κ3) is 3.53. The lowest BCUT2D eigenvalue weighted by atomic mass is 10.0. The van der Waals surface area contributed by atoms with Crippen LogP contribution in [0.15, 0.2) is 59.4 Å². The first kappa shape index (κ1) is 17.9. The monoisotopic (exact) mass is 367 g/mol. The lowest BCUT2D eigenvalue weighted by Crippen LogP contribution is -2.28. The molecular weight excluding hydrogens is 350 g/mol. The number of nitrogens with one attached hydrogen (secondary N) is 1. The summed E-state index contributed by atoms with van der Waals surface area (Å²) in [6.45, 7) is 3.67. The molecule has 0 radical (unpaired) electrons. The van der Waals surface area contributed by atoms with Crippen LogP contribution in [0.1, 0.15) is 24.2 Å². The fraction of sp³-hybridized carbons (Fsp3) is 0.150. The summed E-state index contributed by atoms with van der Waals surface area (Å²) in [6, 6.07) is 16.3. The highest BCUT2D eigenvalue weighted by Crippen LogP contribution is 2.27. The minimum atomic E-state index is -0.340. The molecule has 5 nitrogen and oxygen atoms in total. The van der Waals surface area contributed by atoms with Crippen LogP contribution < -0.4 is 10.9 Å². The van der Waals surface area contributed by atoms with Crippen molar-refractivity contribution in [1.82, 2.24) is 9.78 Å². The van der Waals surface area contributed by atoms with Crippen LogP contribution in [0, 0.1) is 0 Å². The molecule has 2 aromatic carbocycles. The Balaban J connectivity index is 2.25. The maximum Gasteiger partial charge on any atom is 0.291 e. The predicted molar refractivity (Wildman–Crippen MR) is 104 cm³/mol. The van der Waals surface area contributed by atoms with Crippen molar-refractivity contribution in [3.8, 4) is 11.3 Å². The first-order valence-corrected chi connectivity index (χ1v) is 8.63. The summed E-state index contributed by atoms with van der Waals surface area (Å²) in [7, 11) is 0. The van der Waals surface area contributed by atoms with Crippen molar-refractivity contribution in [2.75, 3.05) is 5.32 Å². The number of carbonyl (C=O) groups is 1. The van der Waals surface area contributed by atoms with E-state index in [2.05, 4.69) is 10.4 Å². The molecule has 0 aliphatic carbocycles. The zero-order valence-corrected chi connectivity index (χ0v) is 15.2. The molecule has 132 valence electrons. The van der Waals surface area contributed by atoms with Crippen molar-refractivity contribution in [1.29, 1.82) is 0 Å². The van der Waals surface area contributed by atoms with Gasteiger partial charge in [-0.15, -0.1) is 0 Å². The van der Waals surface area contributed by atoms with E-state index in [0.29, 0.717) is 22.9 Å². The number of aromatic nitrogens is 2. The fourth-order valence-electron chi connectivity index (χ4n) is 2.72. The van der Waals surface area contributed by atoms with Gasteiger partial charge in [-0.25, -0.2) is 4.68 Å². The van der Waals surface area contributed by atoms with E-state index < -0.39 is 0 Å². The van der Waals surface area contributed by atoms with E-state index in [1.54, 1.807) is 24.3 Å². The summed E-state index contributed by atoms with van der Waals surface area (Å²) in [4.78, 5) is 25.2. The zero-order valence-electron chi connectivity index (χ0n) is 14.5. The molecular formula is C20H18ClN3O2. The third-order valence-corrected chi connectivity index (χ3v) is 4.22. The topological polar surface area (TPSA) is 64.0 Å². The van der Waals surface area contributed by atoms with Gasteiger partial charge in [0.05, 0.1) is 5.56 Å². The Morgan fingerprint density at radius 3 is 2.35 bits per heavy atom. The van der Waals surface area contributed by atoms with Crippen LogP contribution in [-0.4, -0.2) is 15.6 Å². The molecule has 0 amide bonds. The molecule has 0 aliphatic heterocycles. The molecule has 0 saturated carbocycles. The number of hydrogen-bond donors (Lipinski definition) is 1. The highest BCUT2D eigenvalue weighted by atomic mass is 35.5. The molecule has 0 saturated heterocycles. The minimum Gasteiger partial charge on any atom is -0.350 e. The number of benzene rings is 2. The number of aryl methyl sites for hydroxylation is 1. The van der Waals surface area contributed by atoms with Gasteiger partial charge in [0.2, 0.25) is 0 Å². The van der Waals surface area contributed by atoms with Crippen LogP contribution in [0.2, 0.25) is 5.02 Å². The number of Topliss-reactive ketones (excluding diaryl/α,β-unsaturated/α-hetero) is 1. The second-order valence-electron chi connectivity index (χ2n) is 5.77. The quantitative estimate of drug-likeness (QED) is 0.673. The predicted octanol–water partition coefficient (Wildman–Crippen LogP) is 4.53. The summed E-state index contributed by atoms with van der Waals surface area (Å²) < 4.78 is 1.35. The summed E-state index contributed by atoms with van der Waals surface area (Å²) in [5.74, 6) is -0.229. The van der Waals surface area contributed by atoms with E-state index in [4.69, 9.17) is 11.6 Å². The number of hydrogen-bond acceptors (Lipinski definition) is 4. The standard InChI is InChI=1S/C20H18ClN3O2/c1-3-24-20(26)19(22-16-11-9-15(21)10-12-16)17(13(2)25)18(23-24)14-7-5-4-6-8-14/h4-12,22H,3H2,1-2H3. The van der Waals surface area contributed by atoms with Crippen molar-refractivity contribution in [3.05, 3.63) is 75.5 Å². The van der Waals surface area contributed by atoms with E-state index in [1.165, 1.54) is 11.6 Å². The molecule has 1 aromatic heterocycles. The molecule has 1 N–H and O–H groups in total. The lowest BCUT2D eigenvalue weighted by molar-refractivity contribution is 0.101. The van der Waals surface area contributed by atoms with E-state index in [0.717, 1.165) is 5.56 Å². The Hall–Kier alpha value is -2.92. The second-order valence-corrected chi connectivity index (χ2v) is 6.21. The maximum atomic E-state index is 12.8. The number of nitrogens with zero attached hydrogens (tertiary/aromatic N) is 2. The maximum absolute atomic E-state index is 12.8. The van der Waals surface area contributed by atoms with E-state index in [-0.39, 0.29) is 22.6 Å². The number of carbonyl (C=O) groups excluding carboxylic acids is 1. The minimum absolute atomic E-state index is 0.218. The van der Waals surface area contributed by atoms with Crippen LogP contribution in [0.3, 0.4) is 0 Å². The van der Waals surface area contributed by atoms with Gasteiger partial charge in [0.1, 0.15) is 11.4 Å². The van der Waals surface area contributed by atoms with Gasteiger partial charge in [-0.2, -0.15) is 5.10 Å². The largest absolute Gasteiger partial charge is 0.350 e. The Morgan fingerprint density at radius 1 is 1.12 bits per heavy atom. The smallest absolute Gasteiger partial charge is 0.291 e. The normalized spacial score (nSPS) is 10.6. The average molecular weight is 368 g/mol. The van der Waals surface area contributed by atoms with Crippen molar-refractivity contribution >= 4 is 28.8 Å². The number of rotatable bonds is 5. The molecule has 0 fully saturated rings. The van der Waals surface area contributed by atoms with Gasteiger partial charge in [-0.05, 0) is 38.1 Å².